The summed E-state index contributed by atoms with van der Waals surface area (Å²) in [7, 11) is 3.39. The van der Waals surface area contributed by atoms with Crippen molar-refractivity contribution in [1.82, 2.24) is 9.80 Å². The van der Waals surface area contributed by atoms with Crippen LogP contribution in [0.15, 0.2) is 48.5 Å². The smallest absolute Gasteiger partial charge is 0.122 e. The summed E-state index contributed by atoms with van der Waals surface area (Å²) in [4.78, 5) is 5.13. The minimum atomic E-state index is 0.365. The molecule has 5 nitrogen and oxygen atoms in total. The van der Waals surface area contributed by atoms with Crippen LogP contribution in [0.25, 0.3) is 0 Å². The average molecular weight is 368 g/mol. The lowest BCUT2D eigenvalue weighted by Crippen LogP contribution is -2.58. The second-order valence-electron chi connectivity index (χ2n) is 7.31. The van der Waals surface area contributed by atoms with Crippen LogP contribution in [0.1, 0.15) is 17.2 Å². The molecule has 2 aromatic rings. The van der Waals surface area contributed by atoms with Gasteiger partial charge in [-0.05, 0) is 23.3 Å². The molecule has 27 heavy (non-hydrogen) atoms. The molecular weight excluding hydrogens is 340 g/mol. The molecule has 2 heterocycles. The van der Waals surface area contributed by atoms with Crippen molar-refractivity contribution >= 4 is 0 Å². The van der Waals surface area contributed by atoms with Crippen LogP contribution in [0, 0.1) is 0 Å². The third-order valence-electron chi connectivity index (χ3n) is 5.60. The van der Waals surface area contributed by atoms with Crippen LogP contribution in [0.5, 0.6) is 11.5 Å². The topological polar surface area (TPSA) is 34.2 Å². The predicted octanol–water partition coefficient (Wildman–Crippen LogP) is 2.96. The van der Waals surface area contributed by atoms with E-state index >= 15 is 0 Å². The summed E-state index contributed by atoms with van der Waals surface area (Å²) in [5.74, 6) is 1.68. The van der Waals surface area contributed by atoms with Crippen molar-refractivity contribution in [1.29, 1.82) is 0 Å². The van der Waals surface area contributed by atoms with Gasteiger partial charge in [-0.2, -0.15) is 0 Å². The first-order valence-electron chi connectivity index (χ1n) is 9.59. The molecule has 0 spiro atoms. The number of rotatable bonds is 5. The fraction of sp³-hybridized carbons (Fsp3) is 0.455. The fourth-order valence-corrected chi connectivity index (χ4v) is 4.23. The van der Waals surface area contributed by atoms with Crippen LogP contribution in [0.2, 0.25) is 0 Å². The van der Waals surface area contributed by atoms with Crippen molar-refractivity contribution in [3.05, 3.63) is 59.7 Å². The van der Waals surface area contributed by atoms with E-state index in [0.29, 0.717) is 12.1 Å². The number of piperazine rings is 1. The summed E-state index contributed by atoms with van der Waals surface area (Å²) in [6, 6.07) is 17.6. The van der Waals surface area contributed by atoms with Gasteiger partial charge in [0, 0.05) is 38.3 Å². The number of benzene rings is 2. The molecule has 0 N–H and O–H groups in total. The molecule has 2 atom stereocenters. The zero-order chi connectivity index (χ0) is 18.6. The van der Waals surface area contributed by atoms with Crippen LogP contribution in [0.4, 0.5) is 0 Å². The highest BCUT2D eigenvalue weighted by atomic mass is 16.5. The lowest BCUT2D eigenvalue weighted by molar-refractivity contribution is -0.0836. The van der Waals surface area contributed by atoms with Gasteiger partial charge in [0.2, 0.25) is 0 Å². The third-order valence-corrected chi connectivity index (χ3v) is 5.60. The summed E-state index contributed by atoms with van der Waals surface area (Å²) >= 11 is 0. The Morgan fingerprint density at radius 3 is 2.41 bits per heavy atom. The van der Waals surface area contributed by atoms with Crippen molar-refractivity contribution in [2.24, 2.45) is 0 Å². The highest BCUT2D eigenvalue weighted by Crippen LogP contribution is 2.30. The maximum Gasteiger partial charge on any atom is 0.122 e. The quantitative estimate of drug-likeness (QED) is 0.811. The first-order chi connectivity index (χ1) is 13.3. The van der Waals surface area contributed by atoms with E-state index < -0.39 is 0 Å². The molecule has 0 bridgehead atoms. The second-order valence-corrected chi connectivity index (χ2v) is 7.31. The predicted molar refractivity (Wildman–Crippen MR) is 105 cm³/mol. The Hall–Kier alpha value is -2.08. The molecule has 144 valence electrons. The van der Waals surface area contributed by atoms with Crippen LogP contribution in [0.3, 0.4) is 0 Å². The molecule has 2 aromatic carbocycles. The molecule has 0 radical (unpaired) electrons. The first-order valence-corrected chi connectivity index (χ1v) is 9.59. The van der Waals surface area contributed by atoms with Crippen molar-refractivity contribution in [3.8, 4) is 11.5 Å². The number of ether oxygens (including phenoxy) is 3. The Balaban J connectivity index is 1.44. The second kappa shape index (κ2) is 8.30. The van der Waals surface area contributed by atoms with E-state index in [1.165, 1.54) is 11.1 Å². The van der Waals surface area contributed by atoms with Gasteiger partial charge in [0.15, 0.2) is 0 Å². The van der Waals surface area contributed by atoms with E-state index in [-0.39, 0.29) is 0 Å². The molecule has 0 saturated carbocycles. The average Bonchev–Trinajstić information content (AvgIpc) is 2.73. The summed E-state index contributed by atoms with van der Waals surface area (Å²) in [5.41, 5.74) is 2.57. The molecule has 0 aliphatic carbocycles. The molecular formula is C22H28N2O3. The summed E-state index contributed by atoms with van der Waals surface area (Å²) in [6.45, 7) is 5.62. The zero-order valence-electron chi connectivity index (χ0n) is 16.1. The summed E-state index contributed by atoms with van der Waals surface area (Å²) in [5, 5.41) is 0. The van der Waals surface area contributed by atoms with E-state index in [1.54, 1.807) is 14.2 Å². The molecule has 4 rings (SSSR count). The normalized spacial score (nSPS) is 23.6. The van der Waals surface area contributed by atoms with Crippen molar-refractivity contribution in [2.45, 2.75) is 18.6 Å². The maximum absolute atomic E-state index is 5.97. The van der Waals surface area contributed by atoms with Crippen molar-refractivity contribution in [2.75, 3.05) is 47.1 Å². The lowest BCUT2D eigenvalue weighted by Gasteiger charge is -2.48. The van der Waals surface area contributed by atoms with Gasteiger partial charge in [-0.15, -0.1) is 0 Å². The number of hydrogen-bond donors (Lipinski definition) is 0. The monoisotopic (exact) mass is 368 g/mol. The van der Waals surface area contributed by atoms with E-state index in [0.717, 1.165) is 50.9 Å². The van der Waals surface area contributed by atoms with E-state index in [9.17, 15) is 0 Å². The van der Waals surface area contributed by atoms with E-state index in [4.69, 9.17) is 14.2 Å². The number of fused-ring (bicyclic) bond motifs is 1. The molecule has 5 heteroatoms. The largest absolute Gasteiger partial charge is 0.497 e. The van der Waals surface area contributed by atoms with Gasteiger partial charge in [0.05, 0.1) is 33.5 Å². The molecule has 0 amide bonds. The molecule has 2 aliphatic heterocycles. The molecule has 0 aromatic heterocycles. The van der Waals surface area contributed by atoms with Gasteiger partial charge in [-0.3, -0.25) is 9.80 Å². The zero-order valence-corrected chi connectivity index (χ0v) is 16.1. The summed E-state index contributed by atoms with van der Waals surface area (Å²) < 4.78 is 16.8. The Labute approximate surface area is 161 Å². The number of hydrogen-bond acceptors (Lipinski definition) is 5. The van der Waals surface area contributed by atoms with Gasteiger partial charge in [-0.1, -0.05) is 30.3 Å². The van der Waals surface area contributed by atoms with E-state index in [2.05, 4.69) is 52.3 Å². The highest BCUT2D eigenvalue weighted by Gasteiger charge is 2.36. The standard InChI is InChI=1S/C22H28N2O3/c1-25-20-10-17(11-21(12-20)26-2)13-23-8-9-24-19(14-23)15-27-16-22(24)18-6-4-3-5-7-18/h3-7,10-12,19,22H,8-9,13-16H2,1-2H3/t19-,22-/m1/s1. The molecule has 0 unspecified atom stereocenters. The van der Waals surface area contributed by atoms with Gasteiger partial charge >= 0.3 is 0 Å². The van der Waals surface area contributed by atoms with Gasteiger partial charge < -0.3 is 14.2 Å². The first kappa shape index (κ1) is 18.3. The third kappa shape index (κ3) is 4.10. The summed E-state index contributed by atoms with van der Waals surface area (Å²) in [6.07, 6.45) is 0. The Morgan fingerprint density at radius 1 is 0.963 bits per heavy atom. The Bertz CT molecular complexity index is 730. The van der Waals surface area contributed by atoms with Crippen molar-refractivity contribution in [3.63, 3.8) is 0 Å². The van der Waals surface area contributed by atoms with Gasteiger partial charge in [0.25, 0.3) is 0 Å². The van der Waals surface area contributed by atoms with Crippen LogP contribution < -0.4 is 9.47 Å². The van der Waals surface area contributed by atoms with Crippen LogP contribution >= 0.6 is 0 Å². The molecule has 2 aliphatic rings. The van der Waals surface area contributed by atoms with Gasteiger partial charge in [0.1, 0.15) is 11.5 Å². The minimum absolute atomic E-state index is 0.365. The number of methoxy groups -OCH3 is 2. The van der Waals surface area contributed by atoms with Crippen LogP contribution in [-0.2, 0) is 11.3 Å². The van der Waals surface area contributed by atoms with Gasteiger partial charge in [-0.25, -0.2) is 0 Å². The Morgan fingerprint density at radius 2 is 1.70 bits per heavy atom. The Kier molecular flexibility index (Phi) is 5.62. The van der Waals surface area contributed by atoms with E-state index in [1.807, 2.05) is 6.07 Å². The highest BCUT2D eigenvalue weighted by molar-refractivity contribution is 5.38. The molecule has 2 fully saturated rings. The lowest BCUT2D eigenvalue weighted by atomic mass is 10.00. The molecule has 2 saturated heterocycles. The minimum Gasteiger partial charge on any atom is -0.497 e. The van der Waals surface area contributed by atoms with Crippen molar-refractivity contribution < 1.29 is 14.2 Å². The number of morpholine rings is 1. The number of nitrogens with zero attached hydrogens (tertiary/aromatic N) is 2. The van der Waals surface area contributed by atoms with Crippen LogP contribution in [-0.4, -0.2) is 62.9 Å². The maximum atomic E-state index is 5.97. The SMILES string of the molecule is COc1cc(CN2CCN3[C@@H](COC[C@@H]3c3ccccc3)C2)cc(OC)c1. The fourth-order valence-electron chi connectivity index (χ4n) is 4.23.